The van der Waals surface area contributed by atoms with Gasteiger partial charge in [-0.15, -0.1) is 0 Å². The zero-order chi connectivity index (χ0) is 19.4. The number of rotatable bonds is 6. The van der Waals surface area contributed by atoms with E-state index in [1.807, 2.05) is 30.3 Å². The summed E-state index contributed by atoms with van der Waals surface area (Å²) in [7, 11) is 0. The number of benzene rings is 3. The minimum atomic E-state index is -4.22. The van der Waals surface area contributed by atoms with Gasteiger partial charge in [-0.1, -0.05) is 36.4 Å². The van der Waals surface area contributed by atoms with Crippen LogP contribution in [0.15, 0.2) is 66.7 Å². The zero-order valence-electron chi connectivity index (χ0n) is 14.0. The van der Waals surface area contributed by atoms with Crippen LogP contribution in [-0.2, 0) is 0 Å². The Hall–Kier alpha value is -3.09. The molecule has 0 bridgehead atoms. The van der Waals surface area contributed by atoms with Crippen LogP contribution in [0.3, 0.4) is 0 Å². The van der Waals surface area contributed by atoms with Gasteiger partial charge in [0.2, 0.25) is 0 Å². The largest absolute Gasteiger partial charge is 0.487 e. The highest BCUT2D eigenvalue weighted by atomic mass is 19.3. The Labute approximate surface area is 152 Å². The molecule has 0 unspecified atom stereocenters. The lowest BCUT2D eigenvalue weighted by atomic mass is 10.0. The number of nitrogens with one attached hydrogen (secondary N) is 1. The summed E-state index contributed by atoms with van der Waals surface area (Å²) in [5.74, 6) is -4.55. The Bertz CT molecular complexity index is 937. The second-order valence-electron chi connectivity index (χ2n) is 5.86. The first kappa shape index (κ1) is 18.7. The van der Waals surface area contributed by atoms with Crippen LogP contribution in [-0.4, -0.2) is 24.9 Å². The van der Waals surface area contributed by atoms with Crippen molar-refractivity contribution in [2.75, 3.05) is 11.9 Å². The van der Waals surface area contributed by atoms with Crippen LogP contribution in [0.2, 0.25) is 0 Å². The molecule has 0 fully saturated rings. The van der Waals surface area contributed by atoms with Crippen LogP contribution in [0, 0.1) is 0 Å². The number of anilines is 1. The number of ether oxygens (including phenoxy) is 1. The van der Waals surface area contributed by atoms with Gasteiger partial charge in [-0.25, -0.2) is 8.78 Å². The lowest BCUT2D eigenvalue weighted by Gasteiger charge is -2.16. The van der Waals surface area contributed by atoms with Gasteiger partial charge >= 0.3 is 12.3 Å². The van der Waals surface area contributed by atoms with Crippen LogP contribution >= 0.6 is 0 Å². The molecule has 0 spiro atoms. The molecule has 0 saturated heterocycles. The summed E-state index contributed by atoms with van der Waals surface area (Å²) >= 11 is 0. The van der Waals surface area contributed by atoms with Gasteiger partial charge in [0.25, 0.3) is 5.91 Å². The summed E-state index contributed by atoms with van der Waals surface area (Å²) < 4.78 is 54.7. The van der Waals surface area contributed by atoms with Crippen molar-refractivity contribution in [3.05, 3.63) is 72.3 Å². The highest BCUT2D eigenvalue weighted by Gasteiger charge is 2.41. The lowest BCUT2D eigenvalue weighted by Crippen LogP contribution is -2.33. The normalized spacial score (nSPS) is 11.6. The number of amides is 1. The number of hydrogen-bond acceptors (Lipinski definition) is 2. The molecule has 0 aliphatic carbocycles. The summed E-state index contributed by atoms with van der Waals surface area (Å²) in [4.78, 5) is 12.5. The van der Waals surface area contributed by atoms with Crippen molar-refractivity contribution in [3.8, 4) is 5.75 Å². The molecule has 0 radical (unpaired) electrons. The number of halogens is 4. The molecule has 3 aromatic carbocycles. The summed E-state index contributed by atoms with van der Waals surface area (Å²) in [5.41, 5.74) is 0.908. The van der Waals surface area contributed by atoms with E-state index in [2.05, 4.69) is 5.32 Å². The number of hydrogen-bond donors (Lipinski definition) is 1. The van der Waals surface area contributed by atoms with E-state index in [0.717, 1.165) is 10.8 Å². The first-order valence-electron chi connectivity index (χ1n) is 8.05. The molecule has 0 aliphatic rings. The topological polar surface area (TPSA) is 38.3 Å². The monoisotopic (exact) mass is 377 g/mol. The standard InChI is InChI=1S/C20H15F4NO2/c21-19(22)20(23,24)12-27-15-10-8-14(9-11-15)25-18(26)17-7-3-5-13-4-1-2-6-16(13)17/h1-11,19H,12H2,(H,25,26). The third-order valence-corrected chi connectivity index (χ3v) is 3.90. The molecule has 0 heterocycles. The van der Waals surface area contributed by atoms with Crippen molar-refractivity contribution < 1.29 is 27.1 Å². The number of fused-ring (bicyclic) bond motifs is 1. The average molecular weight is 377 g/mol. The molecule has 3 rings (SSSR count). The SMILES string of the molecule is O=C(Nc1ccc(OCC(F)(F)C(F)F)cc1)c1cccc2ccccc12. The van der Waals surface area contributed by atoms with E-state index in [9.17, 15) is 22.4 Å². The summed E-state index contributed by atoms with van der Waals surface area (Å²) in [6, 6.07) is 18.3. The van der Waals surface area contributed by atoms with Gasteiger partial charge in [0, 0.05) is 11.3 Å². The second kappa shape index (κ2) is 7.65. The highest BCUT2D eigenvalue weighted by Crippen LogP contribution is 2.25. The molecule has 3 aromatic rings. The van der Waals surface area contributed by atoms with E-state index in [0.29, 0.717) is 11.3 Å². The minimum absolute atomic E-state index is 0.00140. The quantitative estimate of drug-likeness (QED) is 0.587. The van der Waals surface area contributed by atoms with Crippen LogP contribution in [0.25, 0.3) is 10.8 Å². The third-order valence-electron chi connectivity index (χ3n) is 3.90. The molecule has 0 saturated carbocycles. The van der Waals surface area contributed by atoms with Gasteiger partial charge in [-0.2, -0.15) is 8.78 Å². The van der Waals surface area contributed by atoms with E-state index < -0.39 is 19.0 Å². The molecular weight excluding hydrogens is 362 g/mol. The van der Waals surface area contributed by atoms with Gasteiger partial charge in [0.1, 0.15) is 5.75 Å². The van der Waals surface area contributed by atoms with Crippen LogP contribution in [0.4, 0.5) is 23.2 Å². The third kappa shape index (κ3) is 4.36. The summed E-state index contributed by atoms with van der Waals surface area (Å²) in [6.07, 6.45) is -3.79. The van der Waals surface area contributed by atoms with E-state index in [4.69, 9.17) is 4.74 Å². The molecule has 0 aliphatic heterocycles. The fourth-order valence-corrected chi connectivity index (χ4v) is 2.50. The first-order chi connectivity index (χ1) is 12.9. The average Bonchev–Trinajstić information content (AvgIpc) is 2.67. The van der Waals surface area contributed by atoms with E-state index in [1.165, 1.54) is 24.3 Å². The Kier molecular flexibility index (Phi) is 5.30. The maximum Gasteiger partial charge on any atom is 0.340 e. The molecule has 0 aromatic heterocycles. The molecule has 3 nitrogen and oxygen atoms in total. The maximum absolute atomic E-state index is 12.9. The fourth-order valence-electron chi connectivity index (χ4n) is 2.50. The van der Waals surface area contributed by atoms with Crippen molar-refractivity contribution in [3.63, 3.8) is 0 Å². The van der Waals surface area contributed by atoms with E-state index >= 15 is 0 Å². The summed E-state index contributed by atoms with van der Waals surface area (Å²) in [5, 5.41) is 4.43. The zero-order valence-corrected chi connectivity index (χ0v) is 14.0. The van der Waals surface area contributed by atoms with Crippen molar-refractivity contribution in [2.24, 2.45) is 0 Å². The van der Waals surface area contributed by atoms with Gasteiger partial charge in [-0.3, -0.25) is 4.79 Å². The molecule has 0 atom stereocenters. The van der Waals surface area contributed by atoms with E-state index in [-0.39, 0.29) is 11.7 Å². The molecule has 1 N–H and O–H groups in total. The van der Waals surface area contributed by atoms with Crippen molar-refractivity contribution in [1.29, 1.82) is 0 Å². The van der Waals surface area contributed by atoms with Crippen LogP contribution in [0.5, 0.6) is 5.75 Å². The molecule has 27 heavy (non-hydrogen) atoms. The number of alkyl halides is 4. The van der Waals surface area contributed by atoms with Crippen molar-refractivity contribution in [2.45, 2.75) is 12.3 Å². The van der Waals surface area contributed by atoms with Crippen molar-refractivity contribution in [1.82, 2.24) is 0 Å². The smallest absolute Gasteiger partial charge is 0.340 e. The molecule has 7 heteroatoms. The predicted molar refractivity (Wildman–Crippen MR) is 94.8 cm³/mol. The molecular formula is C20H15F4NO2. The van der Waals surface area contributed by atoms with Gasteiger partial charge in [0.15, 0.2) is 6.61 Å². The van der Waals surface area contributed by atoms with Gasteiger partial charge < -0.3 is 10.1 Å². The maximum atomic E-state index is 12.9. The Morgan fingerprint density at radius 3 is 2.33 bits per heavy atom. The molecule has 1 amide bonds. The van der Waals surface area contributed by atoms with Crippen molar-refractivity contribution >= 4 is 22.4 Å². The Balaban J connectivity index is 1.68. The summed E-state index contributed by atoms with van der Waals surface area (Å²) in [6.45, 7) is -1.42. The number of carbonyl (C=O) groups is 1. The van der Waals surface area contributed by atoms with Crippen LogP contribution < -0.4 is 10.1 Å². The fraction of sp³-hybridized carbons (Fsp3) is 0.150. The Morgan fingerprint density at radius 2 is 1.63 bits per heavy atom. The number of carbonyl (C=O) groups excluding carboxylic acids is 1. The highest BCUT2D eigenvalue weighted by molar-refractivity contribution is 6.12. The second-order valence-corrected chi connectivity index (χ2v) is 5.86. The van der Waals surface area contributed by atoms with E-state index in [1.54, 1.807) is 12.1 Å². The minimum Gasteiger partial charge on any atom is -0.487 e. The Morgan fingerprint density at radius 1 is 0.963 bits per heavy atom. The first-order valence-corrected chi connectivity index (χ1v) is 8.05. The molecule has 140 valence electrons. The predicted octanol–water partition coefficient (Wildman–Crippen LogP) is 5.37. The lowest BCUT2D eigenvalue weighted by molar-refractivity contribution is -0.148. The van der Waals surface area contributed by atoms with Gasteiger partial charge in [-0.05, 0) is 41.1 Å². The van der Waals surface area contributed by atoms with Crippen LogP contribution in [0.1, 0.15) is 10.4 Å². The van der Waals surface area contributed by atoms with Gasteiger partial charge in [0.05, 0.1) is 0 Å².